The summed E-state index contributed by atoms with van der Waals surface area (Å²) < 4.78 is 0. The summed E-state index contributed by atoms with van der Waals surface area (Å²) in [4.78, 5) is 1.28. The first-order valence-corrected chi connectivity index (χ1v) is 4.91. The van der Waals surface area contributed by atoms with Crippen LogP contribution in [-0.2, 0) is 6.42 Å². The van der Waals surface area contributed by atoms with Gasteiger partial charge in [-0.2, -0.15) is 0 Å². The zero-order valence-electron chi connectivity index (χ0n) is 6.79. The van der Waals surface area contributed by atoms with Gasteiger partial charge in [0.25, 0.3) is 0 Å². The van der Waals surface area contributed by atoms with Crippen LogP contribution in [0.4, 0.5) is 0 Å². The highest BCUT2D eigenvalue weighted by molar-refractivity contribution is 7.09. The third-order valence-electron chi connectivity index (χ3n) is 1.64. The number of hydrogen-bond acceptors (Lipinski definition) is 2. The molecule has 0 aliphatic heterocycles. The Labute approximate surface area is 71.7 Å². The monoisotopic (exact) mass is 170 g/mol. The van der Waals surface area contributed by atoms with E-state index in [2.05, 4.69) is 13.0 Å². The summed E-state index contributed by atoms with van der Waals surface area (Å²) in [6.07, 6.45) is 2.66. The number of hydrogen-bond donors (Lipinski definition) is 1. The van der Waals surface area contributed by atoms with E-state index < -0.39 is 0 Å². The molecule has 2 heteroatoms. The van der Waals surface area contributed by atoms with Crippen molar-refractivity contribution in [2.24, 2.45) is 0 Å². The van der Waals surface area contributed by atoms with Gasteiger partial charge in [-0.25, -0.2) is 0 Å². The van der Waals surface area contributed by atoms with Crippen LogP contribution in [0.25, 0.3) is 0 Å². The second kappa shape index (κ2) is 4.52. The number of thiophene rings is 1. The van der Waals surface area contributed by atoms with Crippen molar-refractivity contribution in [1.82, 2.24) is 0 Å². The molecule has 0 aliphatic carbocycles. The molecule has 0 aromatic carbocycles. The van der Waals surface area contributed by atoms with Crippen molar-refractivity contribution >= 4 is 11.3 Å². The van der Waals surface area contributed by atoms with E-state index in [4.69, 9.17) is 0 Å². The van der Waals surface area contributed by atoms with E-state index in [9.17, 15) is 5.11 Å². The molecular formula is C9H14OS. The van der Waals surface area contributed by atoms with Crippen LogP contribution >= 0.6 is 11.3 Å². The van der Waals surface area contributed by atoms with E-state index >= 15 is 0 Å². The van der Waals surface area contributed by atoms with E-state index in [-0.39, 0.29) is 6.10 Å². The van der Waals surface area contributed by atoms with E-state index in [1.54, 1.807) is 11.3 Å². The third kappa shape index (κ3) is 3.04. The summed E-state index contributed by atoms with van der Waals surface area (Å²) in [7, 11) is 0. The van der Waals surface area contributed by atoms with Crippen LogP contribution in [0.3, 0.4) is 0 Å². The minimum atomic E-state index is -0.140. The van der Waals surface area contributed by atoms with Crippen LogP contribution in [-0.4, -0.2) is 11.2 Å². The average Bonchev–Trinajstić information content (AvgIpc) is 2.40. The quantitative estimate of drug-likeness (QED) is 0.736. The molecule has 1 unspecified atom stereocenters. The lowest BCUT2D eigenvalue weighted by molar-refractivity contribution is 0.165. The Morgan fingerprint density at radius 1 is 1.64 bits per heavy atom. The van der Waals surface area contributed by atoms with Crippen molar-refractivity contribution in [2.75, 3.05) is 0 Å². The molecule has 1 atom stereocenters. The van der Waals surface area contributed by atoms with E-state index in [0.717, 1.165) is 19.3 Å². The van der Waals surface area contributed by atoms with E-state index in [1.165, 1.54) is 4.88 Å². The topological polar surface area (TPSA) is 20.2 Å². The fraction of sp³-hybridized carbons (Fsp3) is 0.556. The Bertz CT molecular complexity index is 181. The molecule has 0 amide bonds. The standard InChI is InChI=1S/C9H14OS/c1-2-4-8(10)7-9-5-3-6-11-9/h3,5-6,8,10H,2,4,7H2,1H3. The normalized spacial score (nSPS) is 13.3. The minimum Gasteiger partial charge on any atom is -0.393 e. The highest BCUT2D eigenvalue weighted by Gasteiger charge is 2.03. The molecule has 0 saturated heterocycles. The summed E-state index contributed by atoms with van der Waals surface area (Å²) in [5.41, 5.74) is 0. The molecule has 1 heterocycles. The van der Waals surface area contributed by atoms with Crippen LogP contribution in [0.2, 0.25) is 0 Å². The molecule has 0 spiro atoms. The summed E-state index contributed by atoms with van der Waals surface area (Å²) in [6.45, 7) is 2.09. The molecule has 1 aromatic heterocycles. The van der Waals surface area contributed by atoms with Crippen molar-refractivity contribution in [1.29, 1.82) is 0 Å². The molecule has 1 rings (SSSR count). The second-order valence-corrected chi connectivity index (χ2v) is 3.76. The number of aliphatic hydroxyl groups is 1. The van der Waals surface area contributed by atoms with Crippen LogP contribution in [0.15, 0.2) is 17.5 Å². The highest BCUT2D eigenvalue weighted by Crippen LogP contribution is 2.12. The molecular weight excluding hydrogens is 156 g/mol. The first-order chi connectivity index (χ1) is 5.33. The van der Waals surface area contributed by atoms with Gasteiger partial charge >= 0.3 is 0 Å². The van der Waals surface area contributed by atoms with Crippen molar-refractivity contribution < 1.29 is 5.11 Å². The second-order valence-electron chi connectivity index (χ2n) is 2.73. The van der Waals surface area contributed by atoms with Crippen molar-refractivity contribution in [3.63, 3.8) is 0 Å². The van der Waals surface area contributed by atoms with Crippen molar-refractivity contribution in [3.05, 3.63) is 22.4 Å². The summed E-state index contributed by atoms with van der Waals surface area (Å²) in [6, 6.07) is 4.10. The molecule has 1 N–H and O–H groups in total. The zero-order chi connectivity index (χ0) is 8.10. The molecule has 1 nitrogen and oxygen atoms in total. The van der Waals surface area contributed by atoms with Gasteiger partial charge in [0, 0.05) is 11.3 Å². The third-order valence-corrected chi connectivity index (χ3v) is 2.54. The van der Waals surface area contributed by atoms with Crippen LogP contribution in [0.5, 0.6) is 0 Å². The van der Waals surface area contributed by atoms with Gasteiger partial charge in [0.2, 0.25) is 0 Å². The Morgan fingerprint density at radius 2 is 2.45 bits per heavy atom. The molecule has 0 saturated carbocycles. The van der Waals surface area contributed by atoms with Gasteiger partial charge < -0.3 is 5.11 Å². The first kappa shape index (κ1) is 8.75. The Balaban J connectivity index is 2.31. The SMILES string of the molecule is CCCC(O)Cc1cccs1. The van der Waals surface area contributed by atoms with Gasteiger partial charge in [-0.1, -0.05) is 19.4 Å². The lowest BCUT2D eigenvalue weighted by Crippen LogP contribution is -2.08. The maximum atomic E-state index is 9.43. The van der Waals surface area contributed by atoms with Gasteiger partial charge in [0.1, 0.15) is 0 Å². The van der Waals surface area contributed by atoms with E-state index in [1.807, 2.05) is 11.4 Å². The Morgan fingerprint density at radius 3 is 3.00 bits per heavy atom. The summed E-state index contributed by atoms with van der Waals surface area (Å²) in [5.74, 6) is 0. The molecule has 1 aromatic rings. The fourth-order valence-corrected chi connectivity index (χ4v) is 1.87. The predicted octanol–water partition coefficient (Wildman–Crippen LogP) is 2.45. The fourth-order valence-electron chi connectivity index (χ4n) is 1.10. The smallest absolute Gasteiger partial charge is 0.0588 e. The van der Waals surface area contributed by atoms with Crippen molar-refractivity contribution in [2.45, 2.75) is 32.3 Å². The van der Waals surface area contributed by atoms with Crippen LogP contribution in [0, 0.1) is 0 Å². The Kier molecular flexibility index (Phi) is 3.60. The summed E-state index contributed by atoms with van der Waals surface area (Å²) >= 11 is 1.72. The lowest BCUT2D eigenvalue weighted by Gasteiger charge is -2.05. The zero-order valence-corrected chi connectivity index (χ0v) is 7.60. The molecule has 11 heavy (non-hydrogen) atoms. The number of aliphatic hydroxyl groups excluding tert-OH is 1. The number of rotatable bonds is 4. The average molecular weight is 170 g/mol. The highest BCUT2D eigenvalue weighted by atomic mass is 32.1. The molecule has 0 aliphatic rings. The van der Waals surface area contributed by atoms with Crippen LogP contribution < -0.4 is 0 Å². The largest absolute Gasteiger partial charge is 0.393 e. The molecule has 0 bridgehead atoms. The Hall–Kier alpha value is -0.340. The van der Waals surface area contributed by atoms with Gasteiger partial charge in [0.05, 0.1) is 6.10 Å². The van der Waals surface area contributed by atoms with Gasteiger partial charge in [-0.3, -0.25) is 0 Å². The van der Waals surface area contributed by atoms with E-state index in [0.29, 0.717) is 0 Å². The molecule has 62 valence electrons. The van der Waals surface area contributed by atoms with Crippen LogP contribution in [0.1, 0.15) is 24.6 Å². The lowest BCUT2D eigenvalue weighted by atomic mass is 10.1. The molecule has 0 radical (unpaired) electrons. The maximum Gasteiger partial charge on any atom is 0.0588 e. The summed E-state index contributed by atoms with van der Waals surface area (Å²) in [5, 5.41) is 11.5. The predicted molar refractivity (Wildman–Crippen MR) is 48.9 cm³/mol. The van der Waals surface area contributed by atoms with Gasteiger partial charge in [0.15, 0.2) is 0 Å². The van der Waals surface area contributed by atoms with Crippen molar-refractivity contribution in [3.8, 4) is 0 Å². The first-order valence-electron chi connectivity index (χ1n) is 4.03. The van der Waals surface area contributed by atoms with Gasteiger partial charge in [-0.15, -0.1) is 11.3 Å². The van der Waals surface area contributed by atoms with Gasteiger partial charge in [-0.05, 0) is 17.9 Å². The maximum absolute atomic E-state index is 9.43. The molecule has 0 fully saturated rings. The minimum absolute atomic E-state index is 0.140.